The Hall–Kier alpha value is -0.550. The number of rotatable bonds is 3. The molecule has 1 fully saturated rings. The third kappa shape index (κ3) is 3.23. The minimum atomic E-state index is 0.645. The summed E-state index contributed by atoms with van der Waals surface area (Å²) in [6.07, 6.45) is 5.94. The zero-order valence-electron chi connectivity index (χ0n) is 7.84. The zero-order valence-corrected chi connectivity index (χ0v) is 7.84. The van der Waals surface area contributed by atoms with Crippen LogP contribution in [-0.2, 0) is 0 Å². The van der Waals surface area contributed by atoms with Crippen molar-refractivity contribution < 1.29 is 0 Å². The van der Waals surface area contributed by atoms with Crippen LogP contribution in [0.5, 0.6) is 0 Å². The minimum absolute atomic E-state index is 0.645. The standard InChI is InChI=1S/C10H18N2/c1-9-3-5-10(6-4-9)12-8-2-7-11/h9-10,12H,2-6,8H2,1H3/t9-,10-. The average Bonchev–Trinajstić information content (AvgIpc) is 2.09. The molecule has 1 rings (SSSR count). The van der Waals surface area contributed by atoms with Gasteiger partial charge in [0.05, 0.1) is 6.07 Å². The Labute approximate surface area is 75.0 Å². The van der Waals surface area contributed by atoms with Gasteiger partial charge in [-0.1, -0.05) is 6.92 Å². The third-order valence-corrected chi connectivity index (χ3v) is 2.69. The van der Waals surface area contributed by atoms with Crippen molar-refractivity contribution in [3.8, 4) is 6.07 Å². The molecule has 0 radical (unpaired) electrons. The Kier molecular flexibility index (Phi) is 4.10. The van der Waals surface area contributed by atoms with Crippen LogP contribution in [0.15, 0.2) is 0 Å². The number of hydrogen-bond acceptors (Lipinski definition) is 2. The normalized spacial score (nSPS) is 29.7. The van der Waals surface area contributed by atoms with Gasteiger partial charge in [-0.25, -0.2) is 0 Å². The zero-order chi connectivity index (χ0) is 8.81. The largest absolute Gasteiger partial charge is 0.313 e. The van der Waals surface area contributed by atoms with Gasteiger partial charge < -0.3 is 5.32 Å². The summed E-state index contributed by atoms with van der Waals surface area (Å²) in [4.78, 5) is 0. The quantitative estimate of drug-likeness (QED) is 0.651. The molecule has 0 aliphatic heterocycles. The highest BCUT2D eigenvalue weighted by Gasteiger charge is 2.16. The summed E-state index contributed by atoms with van der Waals surface area (Å²) < 4.78 is 0. The van der Waals surface area contributed by atoms with Crippen molar-refractivity contribution in [2.75, 3.05) is 6.54 Å². The van der Waals surface area contributed by atoms with Crippen LogP contribution in [0.4, 0.5) is 0 Å². The van der Waals surface area contributed by atoms with Crippen LogP contribution in [0.25, 0.3) is 0 Å². The SMILES string of the molecule is C[C@H]1CC[C@H](NCCC#N)CC1. The summed E-state index contributed by atoms with van der Waals surface area (Å²) in [5.74, 6) is 0.916. The molecule has 1 aliphatic carbocycles. The summed E-state index contributed by atoms with van der Waals surface area (Å²) in [5, 5.41) is 11.8. The van der Waals surface area contributed by atoms with E-state index in [4.69, 9.17) is 5.26 Å². The number of nitriles is 1. The van der Waals surface area contributed by atoms with E-state index >= 15 is 0 Å². The van der Waals surface area contributed by atoms with Gasteiger partial charge in [0.15, 0.2) is 0 Å². The molecule has 2 heteroatoms. The lowest BCUT2D eigenvalue weighted by Gasteiger charge is -2.26. The minimum Gasteiger partial charge on any atom is -0.313 e. The van der Waals surface area contributed by atoms with E-state index in [2.05, 4.69) is 18.3 Å². The highest BCUT2D eigenvalue weighted by molar-refractivity contribution is 4.77. The summed E-state index contributed by atoms with van der Waals surface area (Å²) >= 11 is 0. The van der Waals surface area contributed by atoms with Gasteiger partial charge >= 0.3 is 0 Å². The van der Waals surface area contributed by atoms with Crippen molar-refractivity contribution in [3.63, 3.8) is 0 Å². The molecule has 1 aliphatic rings. The van der Waals surface area contributed by atoms with E-state index in [1.807, 2.05) is 0 Å². The fourth-order valence-corrected chi connectivity index (χ4v) is 1.80. The molecule has 0 saturated heterocycles. The second kappa shape index (κ2) is 5.16. The highest BCUT2D eigenvalue weighted by atomic mass is 14.9. The van der Waals surface area contributed by atoms with Crippen LogP contribution in [0, 0.1) is 17.2 Å². The Morgan fingerprint density at radius 2 is 2.00 bits per heavy atom. The van der Waals surface area contributed by atoms with Gasteiger partial charge in [0.1, 0.15) is 0 Å². The van der Waals surface area contributed by atoms with Gasteiger partial charge in [0.25, 0.3) is 0 Å². The molecule has 0 heterocycles. The van der Waals surface area contributed by atoms with E-state index in [9.17, 15) is 0 Å². The maximum atomic E-state index is 8.35. The number of nitrogens with zero attached hydrogens (tertiary/aromatic N) is 1. The average molecular weight is 166 g/mol. The number of hydrogen-bond donors (Lipinski definition) is 1. The highest BCUT2D eigenvalue weighted by Crippen LogP contribution is 2.23. The maximum absolute atomic E-state index is 8.35. The van der Waals surface area contributed by atoms with Crippen LogP contribution in [-0.4, -0.2) is 12.6 Å². The van der Waals surface area contributed by atoms with Crippen LogP contribution >= 0.6 is 0 Å². The van der Waals surface area contributed by atoms with E-state index in [1.54, 1.807) is 0 Å². The molecule has 0 amide bonds. The first-order chi connectivity index (χ1) is 5.83. The van der Waals surface area contributed by atoms with E-state index in [1.165, 1.54) is 25.7 Å². The lowest BCUT2D eigenvalue weighted by atomic mass is 9.87. The first-order valence-electron chi connectivity index (χ1n) is 4.93. The van der Waals surface area contributed by atoms with E-state index < -0.39 is 0 Å². The van der Waals surface area contributed by atoms with E-state index in [0.717, 1.165) is 12.5 Å². The smallest absolute Gasteiger partial charge is 0.0635 e. The van der Waals surface area contributed by atoms with Crippen LogP contribution in [0.1, 0.15) is 39.0 Å². The molecule has 0 aromatic carbocycles. The molecule has 68 valence electrons. The molecular weight excluding hydrogens is 148 g/mol. The number of nitrogens with one attached hydrogen (secondary N) is 1. The molecule has 0 spiro atoms. The van der Waals surface area contributed by atoms with Crippen molar-refractivity contribution in [1.29, 1.82) is 5.26 Å². The molecule has 0 aromatic rings. The first kappa shape index (κ1) is 9.54. The molecule has 1 N–H and O–H groups in total. The van der Waals surface area contributed by atoms with E-state index in [-0.39, 0.29) is 0 Å². The fraction of sp³-hybridized carbons (Fsp3) is 0.900. The summed E-state index contributed by atoms with van der Waals surface area (Å²) in [6, 6.07) is 2.84. The van der Waals surface area contributed by atoms with Crippen LogP contribution in [0.2, 0.25) is 0 Å². The Bertz CT molecular complexity index is 152. The molecule has 0 atom stereocenters. The lowest BCUT2D eigenvalue weighted by molar-refractivity contribution is 0.309. The summed E-state index contributed by atoms with van der Waals surface area (Å²) in [7, 11) is 0. The molecule has 1 saturated carbocycles. The van der Waals surface area contributed by atoms with Gasteiger partial charge in [-0.05, 0) is 31.6 Å². The van der Waals surface area contributed by atoms with Crippen LogP contribution < -0.4 is 5.32 Å². The second-order valence-electron chi connectivity index (χ2n) is 3.82. The maximum Gasteiger partial charge on any atom is 0.0635 e. The Morgan fingerprint density at radius 3 is 2.58 bits per heavy atom. The van der Waals surface area contributed by atoms with Gasteiger partial charge in [0.2, 0.25) is 0 Å². The summed E-state index contributed by atoms with van der Waals surface area (Å²) in [6.45, 7) is 3.20. The monoisotopic (exact) mass is 166 g/mol. The first-order valence-corrected chi connectivity index (χ1v) is 4.93. The van der Waals surface area contributed by atoms with Gasteiger partial charge in [-0.2, -0.15) is 5.26 Å². The predicted octanol–water partition coefficient (Wildman–Crippen LogP) is 2.07. The van der Waals surface area contributed by atoms with Gasteiger partial charge in [-0.15, -0.1) is 0 Å². The molecule has 12 heavy (non-hydrogen) atoms. The molecule has 0 bridgehead atoms. The van der Waals surface area contributed by atoms with Crippen molar-refractivity contribution in [2.24, 2.45) is 5.92 Å². The predicted molar refractivity (Wildman–Crippen MR) is 49.7 cm³/mol. The topological polar surface area (TPSA) is 35.8 Å². The van der Waals surface area contributed by atoms with Gasteiger partial charge in [0, 0.05) is 19.0 Å². The van der Waals surface area contributed by atoms with E-state index in [0.29, 0.717) is 12.5 Å². The fourth-order valence-electron chi connectivity index (χ4n) is 1.80. The van der Waals surface area contributed by atoms with Crippen molar-refractivity contribution >= 4 is 0 Å². The third-order valence-electron chi connectivity index (χ3n) is 2.69. The molecule has 0 unspecified atom stereocenters. The van der Waals surface area contributed by atoms with Crippen LogP contribution in [0.3, 0.4) is 0 Å². The lowest BCUT2D eigenvalue weighted by Crippen LogP contribution is -2.33. The molecular formula is C10H18N2. The second-order valence-corrected chi connectivity index (χ2v) is 3.82. The molecule has 2 nitrogen and oxygen atoms in total. The summed E-state index contributed by atoms with van der Waals surface area (Å²) in [5.41, 5.74) is 0. The van der Waals surface area contributed by atoms with Crippen molar-refractivity contribution in [1.82, 2.24) is 5.32 Å². The Balaban J connectivity index is 2.06. The Morgan fingerprint density at radius 1 is 1.33 bits per heavy atom. The van der Waals surface area contributed by atoms with Crippen molar-refractivity contribution in [2.45, 2.75) is 45.1 Å². The van der Waals surface area contributed by atoms with Gasteiger partial charge in [-0.3, -0.25) is 0 Å². The van der Waals surface area contributed by atoms with Crippen molar-refractivity contribution in [3.05, 3.63) is 0 Å². The molecule has 0 aromatic heterocycles.